The third kappa shape index (κ3) is 3.48. The van der Waals surface area contributed by atoms with Gasteiger partial charge >= 0.3 is 7.60 Å². The minimum absolute atomic E-state index is 0.296. The monoisotopic (exact) mass is 287 g/mol. The van der Waals surface area contributed by atoms with Gasteiger partial charge in [-0.25, -0.2) is 15.0 Å². The van der Waals surface area contributed by atoms with Crippen molar-refractivity contribution < 1.29 is 19.1 Å². The first-order chi connectivity index (χ1) is 8.87. The van der Waals surface area contributed by atoms with Crippen LogP contribution in [0.4, 0.5) is 5.82 Å². The molecule has 0 aliphatic rings. The van der Waals surface area contributed by atoms with Crippen LogP contribution >= 0.6 is 7.60 Å². The highest BCUT2D eigenvalue weighted by Crippen LogP contribution is 2.34. The molecule has 19 heavy (non-hydrogen) atoms. The predicted molar refractivity (Wildman–Crippen MR) is 67.2 cm³/mol. The van der Waals surface area contributed by atoms with Gasteiger partial charge in [-0.15, -0.1) is 0 Å². The summed E-state index contributed by atoms with van der Waals surface area (Å²) in [5.74, 6) is 0.296. The standard InChI is InChI=1S/C9H14N5O4P/c1-6(18-5-19(15,16)17)2-14-4-13-9-7(14)8(10)11-3-12-9/h3-4,6H,2,5H2,1H3,(H2,10,11,12)(H2,15,16,17)/t6-/m1/s1. The van der Waals surface area contributed by atoms with Crippen LogP contribution < -0.4 is 5.73 Å². The van der Waals surface area contributed by atoms with Gasteiger partial charge in [0.2, 0.25) is 0 Å². The van der Waals surface area contributed by atoms with Gasteiger partial charge in [-0.2, -0.15) is 0 Å². The molecule has 10 heteroatoms. The number of nitrogens with two attached hydrogens (primary N) is 1. The van der Waals surface area contributed by atoms with Crippen molar-refractivity contribution in [1.29, 1.82) is 0 Å². The molecule has 2 heterocycles. The quantitative estimate of drug-likeness (QED) is 0.651. The molecular weight excluding hydrogens is 273 g/mol. The molecule has 104 valence electrons. The summed E-state index contributed by atoms with van der Waals surface area (Å²) in [7, 11) is -4.16. The Bertz CT molecular complexity index is 624. The first-order valence-electron chi connectivity index (χ1n) is 5.44. The maximum Gasteiger partial charge on any atom is 0.350 e. The molecule has 0 bridgehead atoms. The topological polar surface area (TPSA) is 136 Å². The Balaban J connectivity index is 2.11. The van der Waals surface area contributed by atoms with E-state index in [1.54, 1.807) is 11.5 Å². The van der Waals surface area contributed by atoms with Gasteiger partial charge in [0.25, 0.3) is 0 Å². The highest BCUT2D eigenvalue weighted by molar-refractivity contribution is 7.51. The van der Waals surface area contributed by atoms with E-state index in [1.807, 2.05) is 0 Å². The second-order valence-corrected chi connectivity index (χ2v) is 5.69. The molecule has 0 spiro atoms. The van der Waals surface area contributed by atoms with Crippen LogP contribution in [0.2, 0.25) is 0 Å². The lowest BCUT2D eigenvalue weighted by Gasteiger charge is -2.14. The van der Waals surface area contributed by atoms with Gasteiger partial charge in [0.15, 0.2) is 11.5 Å². The van der Waals surface area contributed by atoms with E-state index < -0.39 is 20.0 Å². The Kier molecular flexibility index (Phi) is 3.81. The van der Waals surface area contributed by atoms with Gasteiger partial charge in [-0.3, -0.25) is 4.57 Å². The van der Waals surface area contributed by atoms with E-state index in [2.05, 4.69) is 15.0 Å². The SMILES string of the molecule is C[C@H](Cn1cnc2ncnc(N)c21)OCP(=O)(O)O. The third-order valence-electron chi connectivity index (χ3n) is 2.42. The van der Waals surface area contributed by atoms with E-state index in [-0.39, 0.29) is 0 Å². The Morgan fingerprint density at radius 2 is 2.21 bits per heavy atom. The van der Waals surface area contributed by atoms with Crippen molar-refractivity contribution in [3.63, 3.8) is 0 Å². The molecule has 0 aliphatic heterocycles. The number of hydrogen-bond donors (Lipinski definition) is 3. The number of imidazole rings is 1. The van der Waals surface area contributed by atoms with E-state index in [0.717, 1.165) is 0 Å². The molecule has 9 nitrogen and oxygen atoms in total. The van der Waals surface area contributed by atoms with Crippen LogP contribution in [0.3, 0.4) is 0 Å². The van der Waals surface area contributed by atoms with Crippen LogP contribution in [0.15, 0.2) is 12.7 Å². The van der Waals surface area contributed by atoms with E-state index in [9.17, 15) is 4.57 Å². The number of rotatable bonds is 5. The van der Waals surface area contributed by atoms with Gasteiger partial charge in [0.05, 0.1) is 19.0 Å². The number of nitrogens with zero attached hydrogens (tertiary/aromatic N) is 4. The number of nitrogen functional groups attached to an aromatic ring is 1. The van der Waals surface area contributed by atoms with E-state index in [0.29, 0.717) is 23.5 Å². The van der Waals surface area contributed by atoms with Gasteiger partial charge in [0, 0.05) is 0 Å². The van der Waals surface area contributed by atoms with Crippen molar-refractivity contribution in [2.24, 2.45) is 0 Å². The maximum atomic E-state index is 10.7. The normalized spacial score (nSPS) is 13.8. The molecule has 0 aromatic carbocycles. The lowest BCUT2D eigenvalue weighted by molar-refractivity contribution is 0.0765. The van der Waals surface area contributed by atoms with Crippen molar-refractivity contribution in [1.82, 2.24) is 19.5 Å². The van der Waals surface area contributed by atoms with Crippen LogP contribution in [-0.2, 0) is 15.8 Å². The minimum Gasteiger partial charge on any atom is -0.382 e. The van der Waals surface area contributed by atoms with Crippen LogP contribution in [-0.4, -0.2) is 41.8 Å². The average Bonchev–Trinajstić information content (AvgIpc) is 2.70. The molecule has 0 amide bonds. The van der Waals surface area contributed by atoms with Crippen molar-refractivity contribution in [2.75, 3.05) is 12.1 Å². The largest absolute Gasteiger partial charge is 0.382 e. The van der Waals surface area contributed by atoms with E-state index in [4.69, 9.17) is 20.3 Å². The second-order valence-electron chi connectivity index (χ2n) is 4.10. The molecule has 0 saturated heterocycles. The Morgan fingerprint density at radius 1 is 1.47 bits per heavy atom. The molecular formula is C9H14N5O4P. The highest BCUT2D eigenvalue weighted by Gasteiger charge is 2.17. The summed E-state index contributed by atoms with van der Waals surface area (Å²) in [5.41, 5.74) is 6.79. The van der Waals surface area contributed by atoms with Crippen molar-refractivity contribution in [2.45, 2.75) is 19.6 Å². The molecule has 2 aromatic rings. The molecule has 4 N–H and O–H groups in total. The summed E-state index contributed by atoms with van der Waals surface area (Å²) < 4.78 is 17.5. The summed E-state index contributed by atoms with van der Waals surface area (Å²) in [4.78, 5) is 29.4. The van der Waals surface area contributed by atoms with Crippen LogP contribution in [0.25, 0.3) is 11.2 Å². The lowest BCUT2D eigenvalue weighted by Crippen LogP contribution is -2.17. The third-order valence-corrected chi connectivity index (χ3v) is 2.90. The fourth-order valence-electron chi connectivity index (χ4n) is 1.63. The first-order valence-corrected chi connectivity index (χ1v) is 7.24. The summed E-state index contributed by atoms with van der Waals surface area (Å²) >= 11 is 0. The zero-order valence-corrected chi connectivity index (χ0v) is 11.1. The molecule has 0 radical (unpaired) electrons. The second kappa shape index (κ2) is 5.22. The summed E-state index contributed by atoms with van der Waals surface area (Å²) in [6.07, 6.45) is 1.83. The summed E-state index contributed by atoms with van der Waals surface area (Å²) in [5, 5.41) is 0. The number of fused-ring (bicyclic) bond motifs is 1. The molecule has 0 aliphatic carbocycles. The maximum absolute atomic E-state index is 10.7. The Morgan fingerprint density at radius 3 is 2.89 bits per heavy atom. The van der Waals surface area contributed by atoms with Gasteiger partial charge in [-0.1, -0.05) is 0 Å². The molecule has 0 fully saturated rings. The van der Waals surface area contributed by atoms with E-state index in [1.165, 1.54) is 12.7 Å². The van der Waals surface area contributed by atoms with Crippen LogP contribution in [0, 0.1) is 0 Å². The zero-order chi connectivity index (χ0) is 14.0. The molecule has 1 atom stereocenters. The van der Waals surface area contributed by atoms with Crippen LogP contribution in [0.1, 0.15) is 6.92 Å². The number of ether oxygens (including phenoxy) is 1. The van der Waals surface area contributed by atoms with Gasteiger partial charge in [0.1, 0.15) is 18.2 Å². The lowest BCUT2D eigenvalue weighted by atomic mass is 10.4. The molecule has 0 saturated carbocycles. The minimum atomic E-state index is -4.16. The average molecular weight is 287 g/mol. The van der Waals surface area contributed by atoms with Crippen LogP contribution in [0.5, 0.6) is 0 Å². The fraction of sp³-hybridized carbons (Fsp3) is 0.444. The Labute approximate surface area is 108 Å². The molecule has 2 rings (SSSR count). The number of aromatic nitrogens is 4. The predicted octanol–water partition coefficient (Wildman–Crippen LogP) is -0.0512. The Hall–Kier alpha value is -1.54. The van der Waals surface area contributed by atoms with Crippen molar-refractivity contribution in [3.05, 3.63) is 12.7 Å². The number of hydrogen-bond acceptors (Lipinski definition) is 6. The molecule has 0 unspecified atom stereocenters. The van der Waals surface area contributed by atoms with Crippen molar-refractivity contribution in [3.8, 4) is 0 Å². The van der Waals surface area contributed by atoms with Gasteiger partial charge < -0.3 is 24.8 Å². The van der Waals surface area contributed by atoms with Gasteiger partial charge in [-0.05, 0) is 6.92 Å². The zero-order valence-electron chi connectivity index (χ0n) is 10.2. The molecule has 2 aromatic heterocycles. The fourth-order valence-corrected chi connectivity index (χ4v) is 2.08. The van der Waals surface area contributed by atoms with Crippen molar-refractivity contribution >= 4 is 24.6 Å². The summed E-state index contributed by atoms with van der Waals surface area (Å²) in [6, 6.07) is 0. The van der Waals surface area contributed by atoms with E-state index >= 15 is 0 Å². The number of anilines is 1. The smallest absolute Gasteiger partial charge is 0.350 e. The first kappa shape index (κ1) is 13.9. The highest BCUT2D eigenvalue weighted by atomic mass is 31.2. The summed E-state index contributed by atoms with van der Waals surface area (Å²) in [6.45, 7) is 2.04.